The van der Waals surface area contributed by atoms with Crippen molar-refractivity contribution in [3.05, 3.63) is 65.0 Å². The van der Waals surface area contributed by atoms with Gasteiger partial charge in [0.2, 0.25) is 5.95 Å². The Bertz CT molecular complexity index is 1340. The molecule has 0 radical (unpaired) electrons. The van der Waals surface area contributed by atoms with E-state index in [0.29, 0.717) is 17.9 Å². The fraction of sp³-hybridized carbons (Fsp3) is 0.515. The van der Waals surface area contributed by atoms with Gasteiger partial charge in [-0.15, -0.1) is 0 Å². The van der Waals surface area contributed by atoms with Crippen molar-refractivity contribution in [3.63, 3.8) is 0 Å². The normalized spacial score (nSPS) is 17.0. The summed E-state index contributed by atoms with van der Waals surface area (Å²) in [6.45, 7) is 6.18. The van der Waals surface area contributed by atoms with Gasteiger partial charge in [0.1, 0.15) is 11.6 Å². The van der Waals surface area contributed by atoms with Gasteiger partial charge in [-0.2, -0.15) is 0 Å². The molecule has 3 aromatic rings. The Morgan fingerprint density at radius 1 is 0.857 bits per heavy atom. The van der Waals surface area contributed by atoms with Crippen LogP contribution in [0, 0.1) is 30.4 Å². The first-order valence-electron chi connectivity index (χ1n) is 15.1. The second kappa shape index (κ2) is 13.7. The smallest absolute Gasteiger partial charge is 0.227 e. The average Bonchev–Trinajstić information content (AvgIpc) is 3.01. The van der Waals surface area contributed by atoms with Crippen molar-refractivity contribution < 1.29 is 18.3 Å². The predicted octanol–water partition coefficient (Wildman–Crippen LogP) is 6.56. The summed E-state index contributed by atoms with van der Waals surface area (Å²) >= 11 is 0. The number of hydrogen-bond acceptors (Lipinski definition) is 7. The van der Waals surface area contributed by atoms with Crippen LogP contribution in [0.5, 0.6) is 11.5 Å². The number of benzene rings is 2. The molecule has 2 saturated heterocycles. The van der Waals surface area contributed by atoms with Gasteiger partial charge < -0.3 is 24.6 Å². The quantitative estimate of drug-likeness (QED) is 0.292. The van der Waals surface area contributed by atoms with Crippen LogP contribution >= 0.6 is 0 Å². The number of nitrogens with zero attached hydrogens (tertiary/aromatic N) is 4. The number of rotatable bonds is 10. The molecule has 0 amide bonds. The maximum Gasteiger partial charge on any atom is 0.227 e. The van der Waals surface area contributed by atoms with E-state index in [0.717, 1.165) is 47.6 Å². The molecule has 3 heterocycles. The lowest BCUT2D eigenvalue weighted by molar-refractivity contribution is 0.187. The summed E-state index contributed by atoms with van der Waals surface area (Å²) in [5.41, 5.74) is 3.10. The highest BCUT2D eigenvalue weighted by Crippen LogP contribution is 2.36. The van der Waals surface area contributed by atoms with Crippen molar-refractivity contribution >= 4 is 17.3 Å². The van der Waals surface area contributed by atoms with Crippen LogP contribution in [0.3, 0.4) is 0 Å². The third-order valence-corrected chi connectivity index (χ3v) is 8.92. The number of aromatic nitrogens is 2. The summed E-state index contributed by atoms with van der Waals surface area (Å²) in [5.74, 6) is 1.82. The van der Waals surface area contributed by atoms with Gasteiger partial charge in [-0.05, 0) is 113 Å². The number of likely N-dealkylation sites (tertiary alicyclic amines) is 1. The van der Waals surface area contributed by atoms with Crippen molar-refractivity contribution in [2.75, 3.05) is 57.7 Å². The molecule has 2 aliphatic heterocycles. The molecule has 42 heavy (non-hydrogen) atoms. The summed E-state index contributed by atoms with van der Waals surface area (Å²) in [6.07, 6.45) is 10.5. The van der Waals surface area contributed by atoms with Crippen LogP contribution in [0.25, 0.3) is 0 Å². The zero-order valence-electron chi connectivity index (χ0n) is 25.3. The first-order valence-corrected chi connectivity index (χ1v) is 15.1. The Hall–Kier alpha value is -3.46. The third kappa shape index (κ3) is 7.12. The van der Waals surface area contributed by atoms with E-state index in [1.807, 2.05) is 12.1 Å². The van der Waals surface area contributed by atoms with E-state index >= 15 is 0 Å². The van der Waals surface area contributed by atoms with Crippen LogP contribution in [-0.2, 0) is 12.8 Å². The molecule has 5 rings (SSSR count). The standard InChI is InChI=1S/C33H43F2N5O2/c1-22-17-30(42-4)32(35)27(31(22)34)7-5-25-20-36-33(37-21-25)38-26-6-8-28(29(19-26)41-3)40-15-11-24(12-16-40)18-23-9-13-39(2)14-10-23/h6,8,17,19-21,23-24H,5,7,9-16,18H2,1-4H3,(H,36,37,38). The number of methoxy groups -OCH3 is 2. The van der Waals surface area contributed by atoms with Gasteiger partial charge in [-0.25, -0.2) is 18.7 Å². The van der Waals surface area contributed by atoms with Crippen LogP contribution in [0.2, 0.25) is 0 Å². The molecular formula is C33H43F2N5O2. The summed E-state index contributed by atoms with van der Waals surface area (Å²) < 4.78 is 40.0. The van der Waals surface area contributed by atoms with Crippen LogP contribution < -0.4 is 19.7 Å². The number of halogens is 2. The fourth-order valence-electron chi connectivity index (χ4n) is 6.32. The lowest BCUT2D eigenvalue weighted by Gasteiger charge is -2.37. The topological polar surface area (TPSA) is 62.8 Å². The number of hydrogen-bond donors (Lipinski definition) is 1. The number of ether oxygens (including phenoxy) is 2. The molecular weight excluding hydrogens is 536 g/mol. The number of nitrogens with one attached hydrogen (secondary N) is 1. The number of piperidine rings is 2. The molecule has 1 N–H and O–H groups in total. The summed E-state index contributed by atoms with van der Waals surface area (Å²) in [6, 6.07) is 7.48. The second-order valence-corrected chi connectivity index (χ2v) is 11.8. The Morgan fingerprint density at radius 3 is 2.14 bits per heavy atom. The minimum atomic E-state index is -0.658. The lowest BCUT2D eigenvalue weighted by atomic mass is 9.83. The molecule has 0 bridgehead atoms. The molecule has 0 saturated carbocycles. The summed E-state index contributed by atoms with van der Waals surface area (Å²) in [4.78, 5) is 13.7. The van der Waals surface area contributed by atoms with Crippen molar-refractivity contribution in [1.82, 2.24) is 14.9 Å². The van der Waals surface area contributed by atoms with E-state index in [1.54, 1.807) is 26.4 Å². The molecule has 2 aliphatic rings. The molecule has 1 aromatic heterocycles. The Kier molecular flexibility index (Phi) is 9.77. The van der Waals surface area contributed by atoms with Gasteiger partial charge in [0.05, 0.1) is 19.9 Å². The van der Waals surface area contributed by atoms with E-state index in [1.165, 1.54) is 58.4 Å². The monoisotopic (exact) mass is 579 g/mol. The van der Waals surface area contributed by atoms with Crippen molar-refractivity contribution in [1.29, 1.82) is 0 Å². The van der Waals surface area contributed by atoms with Crippen molar-refractivity contribution in [3.8, 4) is 11.5 Å². The SMILES string of the molecule is COc1cc(Nc2ncc(CCc3c(F)c(C)cc(OC)c3F)cn2)ccc1N1CCC(CC2CCN(C)CC2)CC1. The average molecular weight is 580 g/mol. The van der Waals surface area contributed by atoms with Gasteiger partial charge in [-0.1, -0.05) is 0 Å². The Labute approximate surface area is 248 Å². The van der Waals surface area contributed by atoms with Gasteiger partial charge in [0.25, 0.3) is 0 Å². The summed E-state index contributed by atoms with van der Waals surface area (Å²) in [7, 11) is 5.31. The lowest BCUT2D eigenvalue weighted by Crippen LogP contribution is -2.36. The molecule has 9 heteroatoms. The van der Waals surface area contributed by atoms with Crippen molar-refractivity contribution in [2.45, 2.75) is 51.9 Å². The Morgan fingerprint density at radius 2 is 1.50 bits per heavy atom. The van der Waals surface area contributed by atoms with E-state index in [2.05, 4.69) is 38.2 Å². The van der Waals surface area contributed by atoms with Crippen molar-refractivity contribution in [2.24, 2.45) is 11.8 Å². The van der Waals surface area contributed by atoms with Crippen LogP contribution in [-0.4, -0.2) is 62.3 Å². The maximum atomic E-state index is 14.6. The first kappa shape index (κ1) is 30.0. The van der Waals surface area contributed by atoms with Gasteiger partial charge in [-0.3, -0.25) is 0 Å². The minimum Gasteiger partial charge on any atom is -0.495 e. The fourth-order valence-corrected chi connectivity index (χ4v) is 6.32. The molecule has 0 atom stereocenters. The van der Waals surface area contributed by atoms with Crippen LogP contribution in [0.15, 0.2) is 36.7 Å². The van der Waals surface area contributed by atoms with E-state index < -0.39 is 11.6 Å². The highest BCUT2D eigenvalue weighted by Gasteiger charge is 2.26. The number of aryl methyl sites for hydroxylation is 2. The highest BCUT2D eigenvalue weighted by molar-refractivity contribution is 5.67. The second-order valence-electron chi connectivity index (χ2n) is 11.8. The Balaban J connectivity index is 1.15. The summed E-state index contributed by atoms with van der Waals surface area (Å²) in [5, 5.41) is 3.25. The minimum absolute atomic E-state index is 0.0164. The largest absolute Gasteiger partial charge is 0.495 e. The van der Waals surface area contributed by atoms with Crippen LogP contribution in [0.4, 0.5) is 26.1 Å². The van der Waals surface area contributed by atoms with Crippen LogP contribution in [0.1, 0.15) is 48.8 Å². The predicted molar refractivity (Wildman–Crippen MR) is 163 cm³/mol. The van der Waals surface area contributed by atoms with E-state index in [4.69, 9.17) is 9.47 Å². The molecule has 2 aromatic carbocycles. The van der Waals surface area contributed by atoms with Gasteiger partial charge >= 0.3 is 0 Å². The molecule has 0 unspecified atom stereocenters. The molecule has 226 valence electrons. The maximum absolute atomic E-state index is 14.6. The zero-order valence-corrected chi connectivity index (χ0v) is 25.3. The molecule has 0 aliphatic carbocycles. The highest BCUT2D eigenvalue weighted by atomic mass is 19.1. The molecule has 7 nitrogen and oxygen atoms in total. The van der Waals surface area contributed by atoms with Gasteiger partial charge in [0, 0.05) is 42.8 Å². The zero-order chi connectivity index (χ0) is 29.6. The van der Waals surface area contributed by atoms with E-state index in [9.17, 15) is 8.78 Å². The third-order valence-electron chi connectivity index (χ3n) is 8.92. The van der Waals surface area contributed by atoms with Gasteiger partial charge in [0.15, 0.2) is 11.6 Å². The molecule has 2 fully saturated rings. The molecule has 0 spiro atoms. The number of anilines is 3. The van der Waals surface area contributed by atoms with E-state index in [-0.39, 0.29) is 17.7 Å². The first-order chi connectivity index (χ1) is 20.3.